The van der Waals surface area contributed by atoms with Crippen molar-refractivity contribution in [2.75, 3.05) is 0 Å². The van der Waals surface area contributed by atoms with Crippen LogP contribution in [-0.2, 0) is 0 Å². The Morgan fingerprint density at radius 3 is 2.44 bits per heavy atom. The van der Waals surface area contributed by atoms with Gasteiger partial charge in [0.1, 0.15) is 0 Å². The lowest BCUT2D eigenvalue weighted by molar-refractivity contribution is 0.829. The Hall–Kier alpha value is -2.00. The van der Waals surface area contributed by atoms with Crippen LogP contribution in [0.4, 0.5) is 0 Å². The summed E-state index contributed by atoms with van der Waals surface area (Å²) in [5.41, 5.74) is 3.71. The van der Waals surface area contributed by atoms with Gasteiger partial charge in [-0.15, -0.1) is 0 Å². The number of aryl methyl sites for hydroxylation is 1. The lowest BCUT2D eigenvalue weighted by atomic mass is 9.95. The van der Waals surface area contributed by atoms with Gasteiger partial charge in [-0.05, 0) is 31.0 Å². The Bertz CT molecular complexity index is 555. The maximum Gasteiger partial charge on any atom is 0.0453 e. The van der Waals surface area contributed by atoms with Crippen LogP contribution in [0.2, 0.25) is 0 Å². The quantitative estimate of drug-likeness (QED) is 0.669. The minimum Gasteiger partial charge on any atom is -0.0897 e. The monoisotopic (exact) mass is 234 g/mol. The fraction of sp³-hybridized carbons (Fsp3) is 0.222. The average Bonchev–Trinajstić information content (AvgIpc) is 2.41. The molecule has 0 fully saturated rings. The summed E-state index contributed by atoms with van der Waals surface area (Å²) in [5, 5.41) is 0. The summed E-state index contributed by atoms with van der Waals surface area (Å²) in [4.78, 5) is 0. The molecule has 0 amide bonds. The third-order valence-electron chi connectivity index (χ3n) is 3.02. The second-order valence-electron chi connectivity index (χ2n) is 4.51. The second-order valence-corrected chi connectivity index (χ2v) is 4.51. The van der Waals surface area contributed by atoms with E-state index in [1.807, 2.05) is 18.2 Å². The van der Waals surface area contributed by atoms with E-state index in [2.05, 4.69) is 62.1 Å². The molecule has 1 atom stereocenters. The van der Waals surface area contributed by atoms with Crippen LogP contribution in [0.3, 0.4) is 0 Å². The third-order valence-corrected chi connectivity index (χ3v) is 3.02. The summed E-state index contributed by atoms with van der Waals surface area (Å²) in [6.45, 7) is 4.31. The molecule has 0 saturated heterocycles. The van der Waals surface area contributed by atoms with E-state index in [1.54, 1.807) is 0 Å². The highest BCUT2D eigenvalue weighted by Gasteiger charge is 2.05. The fourth-order valence-electron chi connectivity index (χ4n) is 2.00. The van der Waals surface area contributed by atoms with Crippen LogP contribution >= 0.6 is 0 Å². The molecule has 2 rings (SSSR count). The summed E-state index contributed by atoms with van der Waals surface area (Å²) in [7, 11) is 0. The van der Waals surface area contributed by atoms with Crippen molar-refractivity contribution < 1.29 is 0 Å². The first kappa shape index (κ1) is 12.5. The van der Waals surface area contributed by atoms with Crippen LogP contribution in [0.5, 0.6) is 0 Å². The largest absolute Gasteiger partial charge is 0.0897 e. The number of hydrogen-bond acceptors (Lipinski definition) is 0. The van der Waals surface area contributed by atoms with Crippen molar-refractivity contribution in [1.29, 1.82) is 0 Å². The van der Waals surface area contributed by atoms with E-state index in [1.165, 1.54) is 11.1 Å². The smallest absolute Gasteiger partial charge is 0.0453 e. The predicted molar refractivity (Wildman–Crippen MR) is 77.5 cm³/mol. The molecule has 2 aromatic rings. The Kier molecular flexibility index (Phi) is 4.20. The van der Waals surface area contributed by atoms with Crippen molar-refractivity contribution in [2.45, 2.75) is 26.2 Å². The van der Waals surface area contributed by atoms with E-state index >= 15 is 0 Å². The Balaban J connectivity index is 2.23. The molecule has 0 radical (unpaired) electrons. The van der Waals surface area contributed by atoms with Crippen molar-refractivity contribution in [2.24, 2.45) is 0 Å². The van der Waals surface area contributed by atoms with E-state index in [9.17, 15) is 0 Å². The van der Waals surface area contributed by atoms with E-state index in [-0.39, 0.29) is 0 Å². The molecule has 0 aliphatic rings. The molecule has 90 valence electrons. The van der Waals surface area contributed by atoms with Crippen LogP contribution in [-0.4, -0.2) is 0 Å². The molecule has 0 aromatic heterocycles. The molecule has 0 aliphatic carbocycles. The van der Waals surface area contributed by atoms with Gasteiger partial charge in [0.15, 0.2) is 0 Å². The van der Waals surface area contributed by atoms with Crippen molar-refractivity contribution in [1.82, 2.24) is 0 Å². The molecule has 0 heterocycles. The van der Waals surface area contributed by atoms with E-state index in [4.69, 9.17) is 0 Å². The zero-order valence-electron chi connectivity index (χ0n) is 11.0. The van der Waals surface area contributed by atoms with Gasteiger partial charge < -0.3 is 0 Å². The highest BCUT2D eigenvalue weighted by molar-refractivity contribution is 5.38. The highest BCUT2D eigenvalue weighted by atomic mass is 14.1. The molecule has 18 heavy (non-hydrogen) atoms. The van der Waals surface area contributed by atoms with Gasteiger partial charge in [-0.1, -0.05) is 66.8 Å². The number of hydrogen-bond donors (Lipinski definition) is 0. The van der Waals surface area contributed by atoms with Gasteiger partial charge in [0.05, 0.1) is 0 Å². The van der Waals surface area contributed by atoms with E-state index in [0.717, 1.165) is 12.0 Å². The first-order valence-corrected chi connectivity index (χ1v) is 6.42. The normalized spacial score (nSPS) is 11.4. The van der Waals surface area contributed by atoms with Crippen LogP contribution in [0.25, 0.3) is 0 Å². The molecular formula is C18H18. The molecule has 0 saturated carbocycles. The standard InChI is InChI=1S/C18H18/c1-3-17(18-11-7-8-15(2)14-18)13-12-16-9-5-4-6-10-16/h4-11,14,17H,3H2,1-2H3. The van der Waals surface area contributed by atoms with Crippen LogP contribution < -0.4 is 0 Å². The minimum atomic E-state index is 0.324. The second kappa shape index (κ2) is 6.07. The van der Waals surface area contributed by atoms with Crippen molar-refractivity contribution in [3.63, 3.8) is 0 Å². The topological polar surface area (TPSA) is 0 Å². The lowest BCUT2D eigenvalue weighted by Crippen LogP contribution is -1.94. The van der Waals surface area contributed by atoms with Crippen LogP contribution in [0.1, 0.15) is 36.0 Å². The predicted octanol–water partition coefficient (Wildman–Crippen LogP) is 4.54. The third kappa shape index (κ3) is 3.25. The molecule has 0 aliphatic heterocycles. The zero-order chi connectivity index (χ0) is 12.8. The first-order valence-electron chi connectivity index (χ1n) is 6.42. The van der Waals surface area contributed by atoms with Crippen molar-refractivity contribution in [3.8, 4) is 11.8 Å². The Morgan fingerprint density at radius 1 is 1.00 bits per heavy atom. The highest BCUT2D eigenvalue weighted by Crippen LogP contribution is 2.19. The number of benzene rings is 2. The van der Waals surface area contributed by atoms with Gasteiger partial charge in [-0.3, -0.25) is 0 Å². The zero-order valence-corrected chi connectivity index (χ0v) is 11.0. The summed E-state index contributed by atoms with van der Waals surface area (Å²) in [5.74, 6) is 6.97. The van der Waals surface area contributed by atoms with E-state index < -0.39 is 0 Å². The SMILES string of the molecule is CCC(C#Cc1ccccc1)c1cccc(C)c1. The van der Waals surface area contributed by atoms with Crippen molar-refractivity contribution in [3.05, 3.63) is 71.3 Å². The van der Waals surface area contributed by atoms with Gasteiger partial charge in [0, 0.05) is 11.5 Å². The lowest BCUT2D eigenvalue weighted by Gasteiger charge is -2.08. The first-order chi connectivity index (χ1) is 8.79. The van der Waals surface area contributed by atoms with Gasteiger partial charge >= 0.3 is 0 Å². The minimum absolute atomic E-state index is 0.324. The summed E-state index contributed by atoms with van der Waals surface area (Å²) < 4.78 is 0. The summed E-state index contributed by atoms with van der Waals surface area (Å²) in [6, 6.07) is 18.8. The molecule has 0 bridgehead atoms. The Labute approximate surface area is 110 Å². The van der Waals surface area contributed by atoms with Crippen LogP contribution in [0.15, 0.2) is 54.6 Å². The maximum atomic E-state index is 3.38. The maximum absolute atomic E-state index is 3.38. The molecule has 0 nitrogen and oxygen atoms in total. The average molecular weight is 234 g/mol. The van der Waals surface area contributed by atoms with E-state index in [0.29, 0.717) is 5.92 Å². The summed E-state index contributed by atoms with van der Waals surface area (Å²) in [6.07, 6.45) is 1.04. The molecule has 0 spiro atoms. The van der Waals surface area contributed by atoms with Gasteiger partial charge in [-0.2, -0.15) is 0 Å². The summed E-state index contributed by atoms with van der Waals surface area (Å²) >= 11 is 0. The van der Waals surface area contributed by atoms with Gasteiger partial charge in [0.2, 0.25) is 0 Å². The van der Waals surface area contributed by atoms with Gasteiger partial charge in [-0.25, -0.2) is 0 Å². The molecule has 0 N–H and O–H groups in total. The Morgan fingerprint density at radius 2 is 1.78 bits per heavy atom. The molecule has 1 unspecified atom stereocenters. The van der Waals surface area contributed by atoms with Gasteiger partial charge in [0.25, 0.3) is 0 Å². The molecular weight excluding hydrogens is 216 g/mol. The fourth-order valence-corrected chi connectivity index (χ4v) is 2.00. The number of rotatable bonds is 2. The van der Waals surface area contributed by atoms with Crippen molar-refractivity contribution >= 4 is 0 Å². The van der Waals surface area contributed by atoms with Crippen LogP contribution in [0, 0.1) is 18.8 Å². The molecule has 0 heteroatoms. The molecule has 2 aromatic carbocycles.